The molecule has 1 aliphatic rings. The molecule has 2 N–H and O–H groups in total. The minimum atomic E-state index is -2.05. The van der Waals surface area contributed by atoms with Crippen LogP contribution in [0, 0.1) is 0 Å². The van der Waals surface area contributed by atoms with E-state index in [1.54, 1.807) is 0 Å². The molecule has 1 fully saturated rings. The third-order valence-corrected chi connectivity index (χ3v) is 3.94. The molecule has 0 bridgehead atoms. The average molecular weight is 405 g/mol. The zero-order valence-electron chi connectivity index (χ0n) is 10.1. The van der Waals surface area contributed by atoms with Gasteiger partial charge in [-0.25, -0.2) is 0 Å². The lowest BCUT2D eigenvalue weighted by molar-refractivity contribution is -0.124. The number of carbonyl (C=O) groups is 2. The third kappa shape index (κ3) is 5.82. The van der Waals surface area contributed by atoms with Crippen LogP contribution < -0.4 is 10.6 Å². The molecule has 0 heterocycles. The lowest BCUT2D eigenvalue weighted by atomic mass is 9.90. The van der Waals surface area contributed by atoms with Crippen molar-refractivity contribution >= 4 is 81.4 Å². The number of halogens is 6. The van der Waals surface area contributed by atoms with Gasteiger partial charge in [-0.15, -0.1) is 0 Å². The minimum Gasteiger partial charge on any atom is -0.348 e. The van der Waals surface area contributed by atoms with Crippen LogP contribution in [0.1, 0.15) is 25.7 Å². The molecular weight excluding hydrogens is 393 g/mol. The summed E-state index contributed by atoms with van der Waals surface area (Å²) in [6.07, 6.45) is 3.03. The summed E-state index contributed by atoms with van der Waals surface area (Å²) < 4.78 is -4.11. The molecule has 2 atom stereocenters. The lowest BCUT2D eigenvalue weighted by Crippen LogP contribution is -2.56. The molecule has 0 aromatic heterocycles. The third-order valence-electron chi connectivity index (χ3n) is 2.91. The van der Waals surface area contributed by atoms with E-state index in [2.05, 4.69) is 10.6 Å². The standard InChI is InChI=1S/C10H12Cl6N2O2/c11-9(12,13)7(19)17-5-3-1-2-4-6(5)18-8(20)10(14,15)16/h5-6H,1-4H2,(H,17,19)(H,18,20). The van der Waals surface area contributed by atoms with Crippen molar-refractivity contribution in [2.75, 3.05) is 0 Å². The van der Waals surface area contributed by atoms with Gasteiger partial charge in [0, 0.05) is 12.1 Å². The van der Waals surface area contributed by atoms with Crippen molar-refractivity contribution in [3.05, 3.63) is 0 Å². The highest BCUT2D eigenvalue weighted by atomic mass is 35.6. The van der Waals surface area contributed by atoms with E-state index in [0.29, 0.717) is 12.8 Å². The van der Waals surface area contributed by atoms with Gasteiger partial charge in [0.15, 0.2) is 0 Å². The Balaban J connectivity index is 2.68. The Bertz CT molecular complexity index is 343. The Hall–Kier alpha value is 0.680. The van der Waals surface area contributed by atoms with Crippen LogP contribution in [-0.2, 0) is 9.59 Å². The van der Waals surface area contributed by atoms with E-state index in [4.69, 9.17) is 69.6 Å². The molecule has 10 heteroatoms. The Morgan fingerprint density at radius 3 is 1.30 bits per heavy atom. The smallest absolute Gasteiger partial charge is 0.272 e. The molecular formula is C10H12Cl6N2O2. The number of rotatable bonds is 2. The molecule has 0 spiro atoms. The Kier molecular flexibility index (Phi) is 6.83. The highest BCUT2D eigenvalue weighted by Crippen LogP contribution is 2.29. The van der Waals surface area contributed by atoms with Gasteiger partial charge in [0.05, 0.1) is 0 Å². The Morgan fingerprint density at radius 2 is 1.05 bits per heavy atom. The monoisotopic (exact) mass is 402 g/mol. The van der Waals surface area contributed by atoms with E-state index in [1.807, 2.05) is 0 Å². The second-order valence-electron chi connectivity index (χ2n) is 4.44. The lowest BCUT2D eigenvalue weighted by Gasteiger charge is -2.34. The maximum absolute atomic E-state index is 11.7. The number of nitrogens with one attached hydrogen (secondary N) is 2. The van der Waals surface area contributed by atoms with Crippen LogP contribution in [0.25, 0.3) is 0 Å². The van der Waals surface area contributed by atoms with E-state index < -0.39 is 19.4 Å². The first kappa shape index (κ1) is 18.7. The van der Waals surface area contributed by atoms with E-state index in [9.17, 15) is 9.59 Å². The highest BCUT2D eigenvalue weighted by Gasteiger charge is 2.38. The van der Waals surface area contributed by atoms with Crippen molar-refractivity contribution < 1.29 is 9.59 Å². The fourth-order valence-corrected chi connectivity index (χ4v) is 2.30. The zero-order valence-corrected chi connectivity index (χ0v) is 14.6. The van der Waals surface area contributed by atoms with Crippen LogP contribution in [0.15, 0.2) is 0 Å². The van der Waals surface area contributed by atoms with E-state index in [-0.39, 0.29) is 12.1 Å². The van der Waals surface area contributed by atoms with Crippen molar-refractivity contribution in [3.8, 4) is 0 Å². The first-order valence-electron chi connectivity index (χ1n) is 5.77. The van der Waals surface area contributed by atoms with Gasteiger partial charge in [0.2, 0.25) is 0 Å². The summed E-state index contributed by atoms with van der Waals surface area (Å²) in [5.74, 6) is -1.50. The molecule has 0 aliphatic heterocycles. The fourth-order valence-electron chi connectivity index (χ4n) is 1.98. The fraction of sp³-hybridized carbons (Fsp3) is 0.800. The maximum atomic E-state index is 11.7. The van der Waals surface area contributed by atoms with E-state index in [0.717, 1.165) is 12.8 Å². The summed E-state index contributed by atoms with van der Waals surface area (Å²) in [7, 11) is 0. The first-order chi connectivity index (χ1) is 9.01. The van der Waals surface area contributed by atoms with E-state index in [1.165, 1.54) is 0 Å². The average Bonchev–Trinajstić information content (AvgIpc) is 2.29. The van der Waals surface area contributed by atoms with Gasteiger partial charge >= 0.3 is 0 Å². The minimum absolute atomic E-state index is 0.372. The molecule has 20 heavy (non-hydrogen) atoms. The molecule has 1 rings (SSSR count). The van der Waals surface area contributed by atoms with Gasteiger partial charge in [-0.2, -0.15) is 0 Å². The molecule has 1 saturated carbocycles. The predicted molar refractivity (Wildman–Crippen MR) is 82.9 cm³/mol. The number of hydrogen-bond acceptors (Lipinski definition) is 2. The summed E-state index contributed by atoms with van der Waals surface area (Å²) in [5.41, 5.74) is 0. The number of alkyl halides is 6. The second-order valence-corrected chi connectivity index (χ2v) is 9.00. The molecule has 0 saturated heterocycles. The first-order valence-corrected chi connectivity index (χ1v) is 8.04. The number of carbonyl (C=O) groups excluding carboxylic acids is 2. The second kappa shape index (κ2) is 7.30. The molecule has 116 valence electrons. The van der Waals surface area contributed by atoms with Crippen molar-refractivity contribution in [3.63, 3.8) is 0 Å². The van der Waals surface area contributed by atoms with Gasteiger partial charge in [0.25, 0.3) is 19.4 Å². The molecule has 2 amide bonds. The topological polar surface area (TPSA) is 58.2 Å². The summed E-state index contributed by atoms with van der Waals surface area (Å²) >= 11 is 33.0. The summed E-state index contributed by atoms with van der Waals surface area (Å²) in [4.78, 5) is 23.3. The molecule has 4 nitrogen and oxygen atoms in total. The van der Waals surface area contributed by atoms with Gasteiger partial charge < -0.3 is 10.6 Å². The van der Waals surface area contributed by atoms with Crippen molar-refractivity contribution in [2.45, 2.75) is 45.4 Å². The van der Waals surface area contributed by atoms with Crippen LogP contribution in [0.2, 0.25) is 0 Å². The van der Waals surface area contributed by atoms with E-state index >= 15 is 0 Å². The van der Waals surface area contributed by atoms with Crippen LogP contribution >= 0.6 is 69.6 Å². The van der Waals surface area contributed by atoms with Crippen LogP contribution in [-0.4, -0.2) is 31.5 Å². The van der Waals surface area contributed by atoms with Crippen molar-refractivity contribution in [2.24, 2.45) is 0 Å². The molecule has 1 aliphatic carbocycles. The van der Waals surface area contributed by atoms with Crippen molar-refractivity contribution in [1.29, 1.82) is 0 Å². The highest BCUT2D eigenvalue weighted by molar-refractivity contribution is 6.76. The molecule has 2 unspecified atom stereocenters. The van der Waals surface area contributed by atoms with Crippen LogP contribution in [0.5, 0.6) is 0 Å². The molecule has 0 aromatic rings. The predicted octanol–water partition coefficient (Wildman–Crippen LogP) is 3.27. The summed E-state index contributed by atoms with van der Waals surface area (Å²) in [5, 5.41) is 5.17. The number of hydrogen-bond donors (Lipinski definition) is 2. The summed E-state index contributed by atoms with van der Waals surface area (Å²) in [6.45, 7) is 0. The van der Waals surface area contributed by atoms with Gasteiger partial charge in [-0.1, -0.05) is 82.4 Å². The Labute approximate surface area is 146 Å². The van der Waals surface area contributed by atoms with Gasteiger partial charge in [-0.05, 0) is 12.8 Å². The normalized spacial score (nSPS) is 24.1. The number of amides is 2. The van der Waals surface area contributed by atoms with Crippen LogP contribution in [0.4, 0.5) is 0 Å². The molecule has 0 radical (unpaired) electrons. The summed E-state index contributed by atoms with van der Waals surface area (Å²) in [6, 6.07) is -0.744. The van der Waals surface area contributed by atoms with Crippen molar-refractivity contribution in [1.82, 2.24) is 10.6 Å². The van der Waals surface area contributed by atoms with Gasteiger partial charge in [-0.3, -0.25) is 9.59 Å². The SMILES string of the molecule is O=C(NC1CCCCC1NC(=O)C(Cl)(Cl)Cl)C(Cl)(Cl)Cl. The quantitative estimate of drug-likeness (QED) is 0.694. The molecule has 0 aromatic carbocycles. The zero-order chi connectivity index (χ0) is 15.6. The van der Waals surface area contributed by atoms with Crippen LogP contribution in [0.3, 0.4) is 0 Å². The largest absolute Gasteiger partial charge is 0.348 e. The Morgan fingerprint density at radius 1 is 0.750 bits per heavy atom. The van der Waals surface area contributed by atoms with Gasteiger partial charge in [0.1, 0.15) is 0 Å². The maximum Gasteiger partial charge on any atom is 0.272 e.